The highest BCUT2D eigenvalue weighted by atomic mass is 32.1. The molecule has 0 saturated carbocycles. The van der Waals surface area contributed by atoms with Crippen molar-refractivity contribution in [2.75, 3.05) is 11.9 Å². The molecule has 2 aromatic heterocycles. The number of anilines is 1. The van der Waals surface area contributed by atoms with Gasteiger partial charge in [-0.2, -0.15) is 0 Å². The van der Waals surface area contributed by atoms with E-state index in [0.29, 0.717) is 10.8 Å². The van der Waals surface area contributed by atoms with Crippen LogP contribution in [-0.2, 0) is 27.4 Å². The third-order valence-electron chi connectivity index (χ3n) is 3.46. The van der Waals surface area contributed by atoms with Crippen LogP contribution in [0.2, 0.25) is 0 Å². The molecule has 0 saturated heterocycles. The number of hydroxylamine groups is 3. The smallest absolute Gasteiger partial charge is 0.413 e. The van der Waals surface area contributed by atoms with Crippen LogP contribution in [0.15, 0.2) is 10.9 Å². The van der Waals surface area contributed by atoms with Gasteiger partial charge in [-0.25, -0.2) is 25.3 Å². The number of aromatic nitrogens is 2. The lowest BCUT2D eigenvalue weighted by atomic mass is 10.2. The third-order valence-corrected chi connectivity index (χ3v) is 5.17. The van der Waals surface area contributed by atoms with Crippen molar-refractivity contribution < 1.29 is 29.5 Å². The number of amides is 3. The second-order valence-corrected chi connectivity index (χ2v) is 7.34. The number of rotatable bonds is 9. The summed E-state index contributed by atoms with van der Waals surface area (Å²) < 4.78 is 5.09. The number of thiazole rings is 2. The molecule has 0 aliphatic carbocycles. The lowest BCUT2D eigenvalue weighted by Gasteiger charge is -2.13. The van der Waals surface area contributed by atoms with E-state index in [9.17, 15) is 19.6 Å². The number of nitrogens with one attached hydrogen (secondary N) is 2. The van der Waals surface area contributed by atoms with E-state index < -0.39 is 17.9 Å². The molecule has 0 spiro atoms. The van der Waals surface area contributed by atoms with Crippen LogP contribution < -0.4 is 10.8 Å². The molecule has 0 atom stereocenters. The van der Waals surface area contributed by atoms with E-state index in [2.05, 4.69) is 15.3 Å². The highest BCUT2D eigenvalue weighted by Gasteiger charge is 2.15. The predicted octanol–water partition coefficient (Wildman–Crippen LogP) is 1.70. The standard InChI is InChI=1S/C15H19N5O6S2/c1-9-11(28-8-16-9)6-26-15(23)18-14-17-10(7-27-14)5-13(22)20(25)4-2-3-12(21)19-24/h7-8,24-25H,2-6H2,1H3,(H,19,21)(H,17,18,23). The highest BCUT2D eigenvalue weighted by molar-refractivity contribution is 7.14. The number of aryl methyl sites for hydroxylation is 1. The highest BCUT2D eigenvalue weighted by Crippen LogP contribution is 2.18. The van der Waals surface area contributed by atoms with Gasteiger partial charge < -0.3 is 4.74 Å². The molecule has 13 heteroatoms. The Morgan fingerprint density at radius 3 is 2.79 bits per heavy atom. The minimum absolute atomic E-state index is 0.0330. The van der Waals surface area contributed by atoms with Gasteiger partial charge in [0.1, 0.15) is 6.61 Å². The molecule has 2 aromatic rings. The first-order chi connectivity index (χ1) is 13.4. The maximum absolute atomic E-state index is 11.9. The van der Waals surface area contributed by atoms with E-state index in [1.165, 1.54) is 16.8 Å². The van der Waals surface area contributed by atoms with Crippen LogP contribution in [0.1, 0.15) is 29.1 Å². The molecule has 0 aliphatic rings. The maximum Gasteiger partial charge on any atom is 0.413 e. The maximum atomic E-state index is 11.9. The summed E-state index contributed by atoms with van der Waals surface area (Å²) in [6.45, 7) is 1.86. The molecule has 0 radical (unpaired) electrons. The predicted molar refractivity (Wildman–Crippen MR) is 99.1 cm³/mol. The summed E-state index contributed by atoms with van der Waals surface area (Å²) in [7, 11) is 0. The zero-order valence-corrected chi connectivity index (χ0v) is 16.5. The van der Waals surface area contributed by atoms with Crippen molar-refractivity contribution in [1.82, 2.24) is 20.5 Å². The van der Waals surface area contributed by atoms with Crippen LogP contribution >= 0.6 is 22.7 Å². The number of hydrogen-bond donors (Lipinski definition) is 4. The monoisotopic (exact) mass is 429 g/mol. The summed E-state index contributed by atoms with van der Waals surface area (Å²) in [5.74, 6) is -1.21. The summed E-state index contributed by atoms with van der Waals surface area (Å²) in [4.78, 5) is 43.6. The van der Waals surface area contributed by atoms with Gasteiger partial charge in [0.05, 0.1) is 28.2 Å². The van der Waals surface area contributed by atoms with Crippen molar-refractivity contribution in [2.24, 2.45) is 0 Å². The van der Waals surface area contributed by atoms with Crippen molar-refractivity contribution in [2.45, 2.75) is 32.8 Å². The van der Waals surface area contributed by atoms with Gasteiger partial charge in [0.15, 0.2) is 5.13 Å². The van der Waals surface area contributed by atoms with E-state index in [0.717, 1.165) is 21.9 Å². The van der Waals surface area contributed by atoms with Crippen LogP contribution in [0.5, 0.6) is 0 Å². The Balaban J connectivity index is 1.74. The Morgan fingerprint density at radius 2 is 2.11 bits per heavy atom. The molecule has 4 N–H and O–H groups in total. The molecule has 2 heterocycles. The Hall–Kier alpha value is -2.61. The zero-order valence-electron chi connectivity index (χ0n) is 14.9. The molecule has 152 valence electrons. The summed E-state index contributed by atoms with van der Waals surface area (Å²) >= 11 is 2.51. The summed E-state index contributed by atoms with van der Waals surface area (Å²) in [6.07, 6.45) is -0.695. The molecule has 0 unspecified atom stereocenters. The van der Waals surface area contributed by atoms with Gasteiger partial charge in [-0.05, 0) is 13.3 Å². The van der Waals surface area contributed by atoms with Crippen molar-refractivity contribution in [1.29, 1.82) is 0 Å². The SMILES string of the molecule is Cc1ncsc1COC(=O)Nc1nc(CC(=O)N(O)CCCC(=O)NO)cs1. The van der Waals surface area contributed by atoms with Crippen molar-refractivity contribution >= 4 is 45.7 Å². The second kappa shape index (κ2) is 10.7. The van der Waals surface area contributed by atoms with E-state index in [-0.39, 0.29) is 37.5 Å². The second-order valence-electron chi connectivity index (χ2n) is 5.54. The van der Waals surface area contributed by atoms with Gasteiger partial charge in [-0.1, -0.05) is 0 Å². The first-order valence-electron chi connectivity index (χ1n) is 8.08. The molecule has 2 rings (SSSR count). The van der Waals surface area contributed by atoms with E-state index in [1.807, 2.05) is 6.92 Å². The summed E-state index contributed by atoms with van der Waals surface area (Å²) in [5, 5.41) is 22.8. The van der Waals surface area contributed by atoms with Crippen LogP contribution in [0.4, 0.5) is 9.93 Å². The lowest BCUT2D eigenvalue weighted by Crippen LogP contribution is -2.31. The van der Waals surface area contributed by atoms with Crippen LogP contribution in [0, 0.1) is 6.92 Å². The number of ether oxygens (including phenoxy) is 1. The number of carbonyl (C=O) groups excluding carboxylic acids is 3. The number of nitrogens with zero attached hydrogens (tertiary/aromatic N) is 3. The van der Waals surface area contributed by atoms with Crippen LogP contribution in [0.3, 0.4) is 0 Å². The lowest BCUT2D eigenvalue weighted by molar-refractivity contribution is -0.165. The fourth-order valence-electron chi connectivity index (χ4n) is 1.98. The third kappa shape index (κ3) is 6.84. The Morgan fingerprint density at radius 1 is 1.32 bits per heavy atom. The Labute approximate surface area is 167 Å². The largest absolute Gasteiger partial charge is 0.443 e. The molecule has 3 amide bonds. The van der Waals surface area contributed by atoms with E-state index in [1.54, 1.807) is 10.9 Å². The minimum atomic E-state index is -0.675. The fourth-order valence-corrected chi connectivity index (χ4v) is 3.37. The van der Waals surface area contributed by atoms with Gasteiger partial charge in [0.2, 0.25) is 5.91 Å². The quantitative estimate of drug-likeness (QED) is 0.347. The van der Waals surface area contributed by atoms with E-state index in [4.69, 9.17) is 9.94 Å². The van der Waals surface area contributed by atoms with Gasteiger partial charge in [-0.3, -0.25) is 25.3 Å². The van der Waals surface area contributed by atoms with Gasteiger partial charge >= 0.3 is 6.09 Å². The molecule has 11 nitrogen and oxygen atoms in total. The fraction of sp³-hybridized carbons (Fsp3) is 0.400. The van der Waals surface area contributed by atoms with E-state index >= 15 is 0 Å². The summed E-state index contributed by atoms with van der Waals surface area (Å²) in [5.41, 5.74) is 4.31. The Kier molecular flexibility index (Phi) is 8.25. The molecule has 28 heavy (non-hydrogen) atoms. The first-order valence-corrected chi connectivity index (χ1v) is 9.84. The average molecular weight is 429 g/mol. The molecule has 0 aliphatic heterocycles. The van der Waals surface area contributed by atoms with Crippen molar-refractivity contribution in [3.8, 4) is 0 Å². The number of hydrogen-bond acceptors (Lipinski definition) is 10. The topological polar surface area (TPSA) is 154 Å². The van der Waals surface area contributed by atoms with Gasteiger partial charge in [0, 0.05) is 18.3 Å². The minimum Gasteiger partial charge on any atom is -0.443 e. The molecular formula is C15H19N5O6S2. The number of carbonyl (C=O) groups is 3. The molecule has 0 bridgehead atoms. The first kappa shape index (κ1) is 21.7. The average Bonchev–Trinajstić information content (AvgIpc) is 3.28. The van der Waals surface area contributed by atoms with Gasteiger partial charge in [-0.15, -0.1) is 22.7 Å². The van der Waals surface area contributed by atoms with Crippen LogP contribution in [-0.4, -0.2) is 49.9 Å². The molecule has 0 fully saturated rings. The zero-order chi connectivity index (χ0) is 20.5. The molecule has 0 aromatic carbocycles. The molecular weight excluding hydrogens is 410 g/mol. The van der Waals surface area contributed by atoms with Crippen LogP contribution in [0.25, 0.3) is 0 Å². The van der Waals surface area contributed by atoms with Gasteiger partial charge in [0.25, 0.3) is 5.91 Å². The Bertz CT molecular complexity index is 823. The van der Waals surface area contributed by atoms with Crippen molar-refractivity contribution in [3.63, 3.8) is 0 Å². The summed E-state index contributed by atoms with van der Waals surface area (Å²) in [6, 6.07) is 0. The normalized spacial score (nSPS) is 10.4. The van der Waals surface area contributed by atoms with Crippen molar-refractivity contribution in [3.05, 3.63) is 27.2 Å².